The zero-order chi connectivity index (χ0) is 39.7. The predicted molar refractivity (Wildman–Crippen MR) is 208 cm³/mol. The molecule has 2 aromatic heterocycles. The summed E-state index contributed by atoms with van der Waals surface area (Å²) in [7, 11) is -0.806. The molecule has 0 saturated heterocycles. The number of fused-ring (bicyclic) bond motifs is 3. The number of aromatic hydroxyl groups is 2. The van der Waals surface area contributed by atoms with Crippen molar-refractivity contribution >= 4 is 42.1 Å². The standard InChI is InChI=1S/C25H30FNO4Si.C18H12FNO3/c1-25(2,3)32(5,6)31-15-19-13-18-12-17(11-16-7-9-20(26)10-8-16)14-27-22(18)23(28)21(19)24(29)30-4;19-14-3-1-10(2-4-14)5-11-6-12-7-13-9-23-18(22)15(13)17(21)16(12)20-8-11/h7-10,12-14,28H,11,15H2,1-6H3;1-4,6-8,21H,5,9H2. The van der Waals surface area contributed by atoms with Gasteiger partial charge in [0.25, 0.3) is 0 Å². The molecule has 12 heteroatoms. The Kier molecular flexibility index (Phi) is 11.0. The van der Waals surface area contributed by atoms with Gasteiger partial charge in [0.2, 0.25) is 0 Å². The normalized spacial score (nSPS) is 12.6. The van der Waals surface area contributed by atoms with Crippen LogP contribution in [-0.4, -0.2) is 47.5 Å². The van der Waals surface area contributed by atoms with E-state index in [4.69, 9.17) is 13.9 Å². The monoisotopic (exact) mass is 764 g/mol. The molecule has 6 aromatic rings. The third-order valence-electron chi connectivity index (χ3n) is 10.2. The number of aromatic nitrogens is 2. The van der Waals surface area contributed by atoms with E-state index >= 15 is 0 Å². The summed E-state index contributed by atoms with van der Waals surface area (Å²) < 4.78 is 42.3. The van der Waals surface area contributed by atoms with E-state index in [-0.39, 0.29) is 52.5 Å². The highest BCUT2D eigenvalue weighted by molar-refractivity contribution is 6.74. The maximum Gasteiger partial charge on any atom is 0.342 e. The molecule has 0 atom stereocenters. The minimum absolute atomic E-state index is 0.00120. The molecule has 9 nitrogen and oxygen atoms in total. The molecular weight excluding hydrogens is 723 g/mol. The Bertz CT molecular complexity index is 2410. The van der Waals surface area contributed by atoms with Gasteiger partial charge in [-0.3, -0.25) is 9.97 Å². The first-order chi connectivity index (χ1) is 26.0. The van der Waals surface area contributed by atoms with Crippen LogP contribution in [0.15, 0.2) is 85.2 Å². The maximum absolute atomic E-state index is 13.2. The number of phenols is 2. The number of carbonyl (C=O) groups excluding carboxylic acids is 2. The van der Waals surface area contributed by atoms with Crippen LogP contribution in [0.1, 0.15) is 74.9 Å². The van der Waals surface area contributed by atoms with E-state index < -0.39 is 20.3 Å². The summed E-state index contributed by atoms with van der Waals surface area (Å²) in [6.45, 7) is 11.0. The first-order valence-corrected chi connectivity index (χ1v) is 20.6. The molecule has 0 bridgehead atoms. The van der Waals surface area contributed by atoms with Crippen LogP contribution in [-0.2, 0) is 40.0 Å². The fourth-order valence-electron chi connectivity index (χ4n) is 6.08. The summed E-state index contributed by atoms with van der Waals surface area (Å²) in [6, 6.07) is 20.1. The van der Waals surface area contributed by atoms with Gasteiger partial charge in [-0.25, -0.2) is 18.4 Å². The van der Waals surface area contributed by atoms with Crippen molar-refractivity contribution in [3.63, 3.8) is 0 Å². The van der Waals surface area contributed by atoms with Gasteiger partial charge in [-0.05, 0) is 107 Å². The lowest BCUT2D eigenvalue weighted by Crippen LogP contribution is -2.40. The lowest BCUT2D eigenvalue weighted by atomic mass is 10.00. The Morgan fingerprint density at radius 3 is 1.82 bits per heavy atom. The van der Waals surface area contributed by atoms with Crippen molar-refractivity contribution in [1.29, 1.82) is 0 Å². The van der Waals surface area contributed by atoms with Crippen molar-refractivity contribution in [1.82, 2.24) is 9.97 Å². The molecule has 284 valence electrons. The molecule has 4 aromatic carbocycles. The van der Waals surface area contributed by atoms with Crippen molar-refractivity contribution in [3.05, 3.63) is 141 Å². The molecule has 0 radical (unpaired) electrons. The van der Waals surface area contributed by atoms with Gasteiger partial charge in [-0.15, -0.1) is 0 Å². The van der Waals surface area contributed by atoms with Gasteiger partial charge in [-0.1, -0.05) is 45.0 Å². The molecule has 0 spiro atoms. The minimum Gasteiger partial charge on any atom is -0.505 e. The highest BCUT2D eigenvalue weighted by Gasteiger charge is 2.37. The molecule has 2 N–H and O–H groups in total. The van der Waals surface area contributed by atoms with E-state index in [9.17, 15) is 28.6 Å². The number of ether oxygens (including phenoxy) is 2. The van der Waals surface area contributed by atoms with Crippen LogP contribution in [0.4, 0.5) is 8.78 Å². The molecule has 55 heavy (non-hydrogen) atoms. The zero-order valence-corrected chi connectivity index (χ0v) is 32.5. The Morgan fingerprint density at radius 1 is 0.800 bits per heavy atom. The number of esters is 2. The average Bonchev–Trinajstić information content (AvgIpc) is 3.52. The van der Waals surface area contributed by atoms with Crippen LogP contribution in [0.3, 0.4) is 0 Å². The van der Waals surface area contributed by atoms with Gasteiger partial charge in [0.05, 0.1) is 13.7 Å². The van der Waals surface area contributed by atoms with Gasteiger partial charge >= 0.3 is 11.9 Å². The van der Waals surface area contributed by atoms with E-state index in [1.165, 1.54) is 31.4 Å². The number of pyridine rings is 2. The number of halogens is 2. The molecule has 0 saturated carbocycles. The number of hydrogen-bond donors (Lipinski definition) is 2. The van der Waals surface area contributed by atoms with E-state index in [0.29, 0.717) is 40.4 Å². The first-order valence-electron chi connectivity index (χ1n) is 17.7. The summed E-state index contributed by atoms with van der Waals surface area (Å²) in [6.07, 6.45) is 4.48. The van der Waals surface area contributed by atoms with Gasteiger partial charge in [0, 0.05) is 28.7 Å². The smallest absolute Gasteiger partial charge is 0.342 e. The Morgan fingerprint density at radius 2 is 1.31 bits per heavy atom. The fourth-order valence-corrected chi connectivity index (χ4v) is 7.03. The summed E-state index contributed by atoms with van der Waals surface area (Å²) >= 11 is 0. The second-order valence-corrected chi connectivity index (χ2v) is 19.9. The molecule has 3 heterocycles. The summed E-state index contributed by atoms with van der Waals surface area (Å²) in [4.78, 5) is 32.8. The topological polar surface area (TPSA) is 128 Å². The molecule has 1 aliphatic heterocycles. The van der Waals surface area contributed by atoms with Crippen molar-refractivity contribution < 1.29 is 42.5 Å². The van der Waals surface area contributed by atoms with E-state index in [0.717, 1.165) is 27.6 Å². The largest absolute Gasteiger partial charge is 0.505 e. The number of cyclic esters (lactones) is 1. The maximum atomic E-state index is 13.2. The summed E-state index contributed by atoms with van der Waals surface area (Å²) in [5, 5.41) is 22.6. The number of benzene rings is 4. The van der Waals surface area contributed by atoms with Crippen molar-refractivity contribution in [2.75, 3.05) is 7.11 Å². The lowest BCUT2D eigenvalue weighted by Gasteiger charge is -2.36. The highest BCUT2D eigenvalue weighted by Crippen LogP contribution is 2.39. The van der Waals surface area contributed by atoms with Gasteiger partial charge in [0.15, 0.2) is 19.8 Å². The first kappa shape index (κ1) is 39.0. The lowest BCUT2D eigenvalue weighted by molar-refractivity contribution is 0.0532. The second-order valence-electron chi connectivity index (χ2n) is 15.1. The average molecular weight is 765 g/mol. The molecule has 0 amide bonds. The SMILES string of the molecule is COC(=O)c1c(CO[Si](C)(C)C(C)(C)C)cc2cc(Cc3ccc(F)cc3)cnc2c1O.O=C1OCc2cc3cc(Cc4ccc(F)cc4)cnc3c(O)c21. The van der Waals surface area contributed by atoms with Crippen molar-refractivity contribution in [2.45, 2.75) is 65.0 Å². The van der Waals surface area contributed by atoms with E-state index in [1.807, 2.05) is 24.3 Å². The number of hydrogen-bond acceptors (Lipinski definition) is 9. The highest BCUT2D eigenvalue weighted by atomic mass is 28.4. The predicted octanol–water partition coefficient (Wildman–Crippen LogP) is 9.32. The van der Waals surface area contributed by atoms with Gasteiger partial charge < -0.3 is 24.1 Å². The Balaban J connectivity index is 0.000000196. The number of nitrogens with zero attached hydrogens (tertiary/aromatic N) is 2. The number of methoxy groups -OCH3 is 1. The van der Waals surface area contributed by atoms with Crippen LogP contribution in [0.25, 0.3) is 21.8 Å². The zero-order valence-electron chi connectivity index (χ0n) is 31.5. The minimum atomic E-state index is -2.09. The quantitative estimate of drug-likeness (QED) is 0.115. The Labute approximate surface area is 318 Å². The van der Waals surface area contributed by atoms with Crippen LogP contribution >= 0.6 is 0 Å². The number of phenolic OH excluding ortho intramolecular Hbond substituents is 2. The molecule has 0 aliphatic carbocycles. The fraction of sp³-hybridized carbons (Fsp3) is 0.256. The van der Waals surface area contributed by atoms with Crippen molar-refractivity contribution in [2.24, 2.45) is 0 Å². The number of carbonyl (C=O) groups is 2. The van der Waals surface area contributed by atoms with E-state index in [2.05, 4.69) is 43.8 Å². The Hall–Kier alpha value is -5.72. The molecule has 0 unspecified atom stereocenters. The van der Waals surface area contributed by atoms with Crippen LogP contribution in [0.5, 0.6) is 11.5 Å². The summed E-state index contributed by atoms with van der Waals surface area (Å²) in [5.41, 5.74) is 5.98. The van der Waals surface area contributed by atoms with Crippen LogP contribution in [0, 0.1) is 11.6 Å². The third-order valence-corrected chi connectivity index (χ3v) is 14.6. The molecule has 1 aliphatic rings. The van der Waals surface area contributed by atoms with Gasteiger partial charge in [0.1, 0.15) is 40.4 Å². The van der Waals surface area contributed by atoms with Crippen molar-refractivity contribution in [3.8, 4) is 11.5 Å². The molecule has 7 rings (SSSR count). The van der Waals surface area contributed by atoms with Crippen LogP contribution in [0.2, 0.25) is 18.1 Å². The third kappa shape index (κ3) is 8.50. The second kappa shape index (κ2) is 15.6. The van der Waals surface area contributed by atoms with E-state index in [1.54, 1.807) is 36.7 Å². The van der Waals surface area contributed by atoms with Gasteiger partial charge in [-0.2, -0.15) is 0 Å². The number of rotatable bonds is 8. The molecular formula is C43H42F2N2O7Si. The summed E-state index contributed by atoms with van der Waals surface area (Å²) in [5.74, 6) is -2.04. The van der Waals surface area contributed by atoms with Crippen LogP contribution < -0.4 is 0 Å². The molecule has 0 fully saturated rings.